The number of benzene rings is 2. The average molecular weight is 419 g/mol. The first-order chi connectivity index (χ1) is 13.8. The van der Waals surface area contributed by atoms with Crippen LogP contribution in [0.1, 0.15) is 31.2 Å². The maximum atomic E-state index is 12.2. The largest absolute Gasteiger partial charge is 0.454 e. The number of carbonyl (C=O) groups is 1. The molecule has 0 fully saturated rings. The second-order valence-electron chi connectivity index (χ2n) is 7.09. The Hall–Kier alpha value is -2.74. The topological polar surface area (TPSA) is 84.9 Å². The van der Waals surface area contributed by atoms with Crippen molar-refractivity contribution < 1.29 is 22.7 Å². The molecule has 156 valence electrons. The van der Waals surface area contributed by atoms with E-state index >= 15 is 0 Å². The van der Waals surface area contributed by atoms with Gasteiger partial charge in [0, 0.05) is 25.6 Å². The minimum atomic E-state index is -3.49. The summed E-state index contributed by atoms with van der Waals surface area (Å²) in [5.74, 6) is 1.23. The maximum absolute atomic E-state index is 12.2. The Labute approximate surface area is 171 Å². The zero-order valence-electron chi connectivity index (χ0n) is 16.6. The zero-order chi connectivity index (χ0) is 20.9. The first-order valence-electron chi connectivity index (χ1n) is 9.53. The molecule has 1 atom stereocenters. The van der Waals surface area contributed by atoms with E-state index in [0.717, 1.165) is 6.26 Å². The van der Waals surface area contributed by atoms with Gasteiger partial charge in [-0.05, 0) is 30.0 Å². The predicted octanol–water partition coefficient (Wildman–Crippen LogP) is 2.88. The summed E-state index contributed by atoms with van der Waals surface area (Å²) in [7, 11) is -3.49. The quantitative estimate of drug-likeness (QED) is 0.677. The number of fused-ring (bicyclic) bond motifs is 1. The summed E-state index contributed by atoms with van der Waals surface area (Å²) in [5.41, 5.74) is 1.66. The number of carbonyl (C=O) groups excluding carboxylic acids is 1. The molecule has 0 bridgehead atoms. The van der Waals surface area contributed by atoms with Gasteiger partial charge in [-0.2, -0.15) is 0 Å². The number of hydrogen-bond acceptors (Lipinski definition) is 5. The lowest BCUT2D eigenvalue weighted by Crippen LogP contribution is -2.32. The van der Waals surface area contributed by atoms with Crippen molar-refractivity contribution in [1.29, 1.82) is 0 Å². The normalized spacial score (nSPS) is 13.7. The fourth-order valence-electron chi connectivity index (χ4n) is 3.16. The Balaban J connectivity index is 1.52. The number of nitrogens with zero attached hydrogens (tertiary/aromatic N) is 1. The molecule has 1 N–H and O–H groups in total. The monoisotopic (exact) mass is 418 g/mol. The van der Waals surface area contributed by atoms with Crippen LogP contribution in [-0.2, 0) is 14.8 Å². The Morgan fingerprint density at radius 3 is 2.59 bits per heavy atom. The second kappa shape index (κ2) is 9.17. The lowest BCUT2D eigenvalue weighted by Gasteiger charge is -2.22. The predicted molar refractivity (Wildman–Crippen MR) is 112 cm³/mol. The van der Waals surface area contributed by atoms with Crippen LogP contribution in [0, 0.1) is 0 Å². The van der Waals surface area contributed by atoms with Gasteiger partial charge in [0.05, 0.1) is 11.9 Å². The van der Waals surface area contributed by atoms with E-state index in [1.165, 1.54) is 9.87 Å². The highest BCUT2D eigenvalue weighted by Gasteiger charge is 2.21. The molecule has 0 aliphatic carbocycles. The van der Waals surface area contributed by atoms with Gasteiger partial charge in [-0.1, -0.05) is 37.3 Å². The van der Waals surface area contributed by atoms with Gasteiger partial charge < -0.3 is 14.8 Å². The number of nitrogens with one attached hydrogen (secondary N) is 1. The van der Waals surface area contributed by atoms with Crippen molar-refractivity contribution in [2.24, 2.45) is 0 Å². The lowest BCUT2D eigenvalue weighted by molar-refractivity contribution is -0.121. The third kappa shape index (κ3) is 5.63. The van der Waals surface area contributed by atoms with Crippen LogP contribution >= 0.6 is 0 Å². The summed E-state index contributed by atoms with van der Waals surface area (Å²) in [6.45, 7) is 2.93. The molecule has 3 rings (SSSR count). The molecule has 7 nitrogen and oxygen atoms in total. The van der Waals surface area contributed by atoms with Crippen molar-refractivity contribution in [2.75, 3.05) is 30.4 Å². The Bertz CT molecular complexity index is 947. The molecule has 1 amide bonds. The van der Waals surface area contributed by atoms with Crippen molar-refractivity contribution in [1.82, 2.24) is 5.32 Å². The number of anilines is 1. The molecular weight excluding hydrogens is 392 g/mol. The zero-order valence-corrected chi connectivity index (χ0v) is 17.4. The molecule has 0 aromatic heterocycles. The third-order valence-corrected chi connectivity index (χ3v) is 5.98. The van der Waals surface area contributed by atoms with E-state index in [1.807, 2.05) is 30.3 Å². The van der Waals surface area contributed by atoms with Gasteiger partial charge in [-0.3, -0.25) is 9.10 Å². The molecular formula is C21H26N2O5S. The van der Waals surface area contributed by atoms with Gasteiger partial charge >= 0.3 is 0 Å². The van der Waals surface area contributed by atoms with E-state index in [0.29, 0.717) is 30.2 Å². The van der Waals surface area contributed by atoms with Crippen molar-refractivity contribution in [3.63, 3.8) is 0 Å². The third-order valence-electron chi connectivity index (χ3n) is 4.78. The Morgan fingerprint density at radius 1 is 1.14 bits per heavy atom. The SMILES string of the molecule is C[C@H](CNC(=O)CCCN(c1ccc2c(c1)OCO2)S(C)(=O)=O)c1ccccc1. The molecule has 1 aliphatic heterocycles. The van der Waals surface area contributed by atoms with Gasteiger partial charge in [0.2, 0.25) is 22.7 Å². The summed E-state index contributed by atoms with van der Waals surface area (Å²) >= 11 is 0. The molecule has 8 heteroatoms. The summed E-state index contributed by atoms with van der Waals surface area (Å²) in [6, 6.07) is 15.0. The van der Waals surface area contributed by atoms with Gasteiger partial charge in [0.25, 0.3) is 0 Å². The summed E-state index contributed by atoms with van der Waals surface area (Å²) in [4.78, 5) is 12.2. The van der Waals surface area contributed by atoms with Crippen LogP contribution in [-0.4, -0.2) is 40.5 Å². The van der Waals surface area contributed by atoms with Crippen molar-refractivity contribution in [3.05, 3.63) is 54.1 Å². The van der Waals surface area contributed by atoms with Crippen molar-refractivity contribution >= 4 is 21.6 Å². The highest BCUT2D eigenvalue weighted by atomic mass is 32.2. The number of amides is 1. The van der Waals surface area contributed by atoms with Gasteiger partial charge in [0.1, 0.15) is 0 Å². The number of ether oxygens (including phenoxy) is 2. The molecule has 2 aromatic carbocycles. The highest BCUT2D eigenvalue weighted by molar-refractivity contribution is 7.92. The van der Waals surface area contributed by atoms with E-state index in [1.54, 1.807) is 18.2 Å². The van der Waals surface area contributed by atoms with Crippen LogP contribution in [0.3, 0.4) is 0 Å². The van der Waals surface area contributed by atoms with Crippen LogP contribution in [0.5, 0.6) is 11.5 Å². The smallest absolute Gasteiger partial charge is 0.232 e. The Morgan fingerprint density at radius 2 is 1.86 bits per heavy atom. The summed E-state index contributed by atoms with van der Waals surface area (Å²) in [6.07, 6.45) is 1.81. The summed E-state index contributed by atoms with van der Waals surface area (Å²) < 4.78 is 36.3. The molecule has 0 saturated carbocycles. The summed E-state index contributed by atoms with van der Waals surface area (Å²) in [5, 5.41) is 2.92. The fraction of sp³-hybridized carbons (Fsp3) is 0.381. The second-order valence-corrected chi connectivity index (χ2v) is 9.00. The first kappa shape index (κ1) is 21.0. The number of hydrogen-bond donors (Lipinski definition) is 1. The molecule has 0 saturated heterocycles. The highest BCUT2D eigenvalue weighted by Crippen LogP contribution is 2.36. The van der Waals surface area contributed by atoms with Crippen LogP contribution in [0.25, 0.3) is 0 Å². The van der Waals surface area contributed by atoms with E-state index in [2.05, 4.69) is 12.2 Å². The standard InChI is InChI=1S/C21H26N2O5S/c1-16(17-7-4-3-5-8-17)14-22-21(24)9-6-12-23(29(2,25)26)18-10-11-19-20(13-18)28-15-27-19/h3-5,7-8,10-11,13,16H,6,9,12,14-15H2,1-2H3,(H,22,24)/t16-/m1/s1. The molecule has 1 aliphatic rings. The lowest BCUT2D eigenvalue weighted by atomic mass is 10.0. The molecule has 0 spiro atoms. The minimum Gasteiger partial charge on any atom is -0.454 e. The minimum absolute atomic E-state index is 0.0908. The van der Waals surface area contributed by atoms with E-state index in [-0.39, 0.29) is 31.6 Å². The van der Waals surface area contributed by atoms with Gasteiger partial charge in [-0.15, -0.1) is 0 Å². The van der Waals surface area contributed by atoms with Gasteiger partial charge in [-0.25, -0.2) is 8.42 Å². The number of rotatable bonds is 9. The molecule has 2 aromatic rings. The number of sulfonamides is 1. The van der Waals surface area contributed by atoms with Crippen LogP contribution in [0.4, 0.5) is 5.69 Å². The van der Waals surface area contributed by atoms with Gasteiger partial charge in [0.15, 0.2) is 11.5 Å². The maximum Gasteiger partial charge on any atom is 0.232 e. The molecule has 1 heterocycles. The van der Waals surface area contributed by atoms with Crippen molar-refractivity contribution in [2.45, 2.75) is 25.7 Å². The van der Waals surface area contributed by atoms with Crippen molar-refractivity contribution in [3.8, 4) is 11.5 Å². The molecule has 0 unspecified atom stereocenters. The van der Waals surface area contributed by atoms with E-state index in [9.17, 15) is 13.2 Å². The molecule has 0 radical (unpaired) electrons. The Kier molecular flexibility index (Phi) is 6.64. The first-order valence-corrected chi connectivity index (χ1v) is 11.4. The fourth-order valence-corrected chi connectivity index (χ4v) is 4.12. The van der Waals surface area contributed by atoms with Crippen LogP contribution < -0.4 is 19.1 Å². The molecule has 29 heavy (non-hydrogen) atoms. The van der Waals surface area contributed by atoms with Crippen LogP contribution in [0.15, 0.2) is 48.5 Å². The van der Waals surface area contributed by atoms with E-state index in [4.69, 9.17) is 9.47 Å². The van der Waals surface area contributed by atoms with E-state index < -0.39 is 10.0 Å². The van der Waals surface area contributed by atoms with Crippen LogP contribution in [0.2, 0.25) is 0 Å². The average Bonchev–Trinajstić information content (AvgIpc) is 3.17.